The van der Waals surface area contributed by atoms with Gasteiger partial charge in [-0.15, -0.1) is 11.3 Å². The van der Waals surface area contributed by atoms with Gasteiger partial charge >= 0.3 is 6.03 Å². The van der Waals surface area contributed by atoms with Gasteiger partial charge in [-0.3, -0.25) is 14.5 Å². The second-order valence-electron chi connectivity index (χ2n) is 7.38. The largest absolute Gasteiger partial charge is 0.325 e. The van der Waals surface area contributed by atoms with Gasteiger partial charge in [-0.25, -0.2) is 9.78 Å². The Kier molecular flexibility index (Phi) is 6.19. The molecule has 0 spiro atoms. The quantitative estimate of drug-likeness (QED) is 0.501. The molecule has 10 heteroatoms. The number of rotatable bonds is 6. The van der Waals surface area contributed by atoms with Crippen LogP contribution in [0.15, 0.2) is 54.7 Å². The van der Waals surface area contributed by atoms with Gasteiger partial charge in [-0.05, 0) is 24.1 Å². The lowest BCUT2D eigenvalue weighted by atomic mass is 9.92. The first-order chi connectivity index (χ1) is 15.3. The summed E-state index contributed by atoms with van der Waals surface area (Å²) in [5, 5.41) is 6.64. The Morgan fingerprint density at radius 3 is 2.66 bits per heavy atom. The maximum atomic E-state index is 12.9. The zero-order valence-corrected chi connectivity index (χ0v) is 19.2. The Morgan fingerprint density at radius 2 is 1.91 bits per heavy atom. The maximum absolute atomic E-state index is 12.9. The molecule has 4 amide bonds. The highest BCUT2D eigenvalue weighted by Crippen LogP contribution is 2.30. The van der Waals surface area contributed by atoms with Gasteiger partial charge in [0, 0.05) is 17.5 Å². The summed E-state index contributed by atoms with van der Waals surface area (Å²) in [6.07, 6.45) is 2.15. The van der Waals surface area contributed by atoms with Gasteiger partial charge in [0.1, 0.15) is 12.1 Å². The Balaban J connectivity index is 1.41. The minimum atomic E-state index is -1.22. The van der Waals surface area contributed by atoms with Crippen LogP contribution in [0.2, 0.25) is 10.0 Å². The van der Waals surface area contributed by atoms with Crippen molar-refractivity contribution >= 4 is 57.5 Å². The fourth-order valence-electron chi connectivity index (χ4n) is 3.43. The van der Waals surface area contributed by atoms with Crippen LogP contribution in [-0.4, -0.2) is 34.3 Å². The molecular weight excluding hydrogens is 471 g/mol. The fourth-order valence-corrected chi connectivity index (χ4v) is 4.67. The third-order valence-corrected chi connectivity index (χ3v) is 6.89. The smallest absolute Gasteiger partial charge is 0.319 e. The number of imide groups is 1. The van der Waals surface area contributed by atoms with Crippen molar-refractivity contribution in [3.05, 3.63) is 80.8 Å². The number of carbonyl (C=O) groups is 3. The van der Waals surface area contributed by atoms with Crippen molar-refractivity contribution in [3.8, 4) is 0 Å². The predicted molar refractivity (Wildman–Crippen MR) is 124 cm³/mol. The van der Waals surface area contributed by atoms with Gasteiger partial charge in [0.2, 0.25) is 5.91 Å². The van der Waals surface area contributed by atoms with Crippen LogP contribution in [0.4, 0.5) is 9.93 Å². The lowest BCUT2D eigenvalue weighted by molar-refractivity contribution is -0.133. The van der Waals surface area contributed by atoms with Crippen LogP contribution in [-0.2, 0) is 21.5 Å². The number of nitrogens with one attached hydrogen (secondary N) is 2. The Hall–Kier alpha value is -2.94. The van der Waals surface area contributed by atoms with Gasteiger partial charge in [0.05, 0.1) is 10.0 Å². The number of amides is 4. The summed E-state index contributed by atoms with van der Waals surface area (Å²) in [6.45, 7) is 1.21. The molecule has 0 saturated carbocycles. The second kappa shape index (κ2) is 8.90. The van der Waals surface area contributed by atoms with Crippen LogP contribution in [0, 0.1) is 0 Å². The third kappa shape index (κ3) is 4.34. The van der Waals surface area contributed by atoms with Crippen molar-refractivity contribution in [2.45, 2.75) is 18.9 Å². The van der Waals surface area contributed by atoms with E-state index in [1.807, 2.05) is 18.2 Å². The van der Waals surface area contributed by atoms with E-state index in [4.69, 9.17) is 23.2 Å². The average molecular weight is 489 g/mol. The monoisotopic (exact) mass is 488 g/mol. The topological polar surface area (TPSA) is 91.4 Å². The number of nitrogens with zero attached hydrogens (tertiary/aromatic N) is 2. The molecule has 4 rings (SSSR count). The van der Waals surface area contributed by atoms with Gasteiger partial charge in [0.15, 0.2) is 5.13 Å². The molecule has 2 aromatic carbocycles. The van der Waals surface area contributed by atoms with Gasteiger partial charge in [-0.1, -0.05) is 65.7 Å². The minimum Gasteiger partial charge on any atom is -0.319 e. The number of hydrogen-bond donors (Lipinski definition) is 2. The molecule has 0 radical (unpaired) electrons. The predicted octanol–water partition coefficient (Wildman–Crippen LogP) is 4.45. The standard InChI is InChI=1S/C22H18Cl2N4O3S/c1-22(14-7-3-2-4-8-14)19(30)28(21(31)27-22)12-17(29)26-20-25-11-15(32-20)10-13-6-5-9-16(23)18(13)24/h2-9,11H,10,12H2,1H3,(H,27,31)(H,25,26,29). The molecule has 7 nitrogen and oxygen atoms in total. The first-order valence-electron chi connectivity index (χ1n) is 9.65. The molecule has 1 aromatic heterocycles. The number of aromatic nitrogens is 1. The summed E-state index contributed by atoms with van der Waals surface area (Å²) in [5.41, 5.74) is 0.272. The van der Waals surface area contributed by atoms with E-state index in [9.17, 15) is 14.4 Å². The van der Waals surface area contributed by atoms with Crippen LogP contribution in [0.25, 0.3) is 0 Å². The summed E-state index contributed by atoms with van der Waals surface area (Å²) in [5.74, 6) is -1.01. The van der Waals surface area contributed by atoms with E-state index in [0.717, 1.165) is 15.3 Å². The van der Waals surface area contributed by atoms with Crippen LogP contribution in [0.5, 0.6) is 0 Å². The van der Waals surface area contributed by atoms with Crippen LogP contribution < -0.4 is 10.6 Å². The number of halogens is 2. The first kappa shape index (κ1) is 22.3. The molecule has 0 aliphatic carbocycles. The lowest BCUT2D eigenvalue weighted by Gasteiger charge is -2.21. The second-order valence-corrected chi connectivity index (χ2v) is 9.28. The summed E-state index contributed by atoms with van der Waals surface area (Å²) < 4.78 is 0. The highest BCUT2D eigenvalue weighted by Gasteiger charge is 2.49. The summed E-state index contributed by atoms with van der Waals surface area (Å²) >= 11 is 13.6. The summed E-state index contributed by atoms with van der Waals surface area (Å²) in [6, 6.07) is 13.7. The average Bonchev–Trinajstić information content (AvgIpc) is 3.29. The summed E-state index contributed by atoms with van der Waals surface area (Å²) in [7, 11) is 0. The maximum Gasteiger partial charge on any atom is 0.325 e. The van der Waals surface area contributed by atoms with Gasteiger partial charge in [-0.2, -0.15) is 0 Å². The number of thiazole rings is 1. The van der Waals surface area contributed by atoms with E-state index in [-0.39, 0.29) is 0 Å². The molecule has 1 aliphatic rings. The van der Waals surface area contributed by atoms with Gasteiger partial charge in [0.25, 0.3) is 5.91 Å². The van der Waals surface area contributed by atoms with E-state index >= 15 is 0 Å². The van der Waals surface area contributed by atoms with Crippen molar-refractivity contribution in [2.75, 3.05) is 11.9 Å². The van der Waals surface area contributed by atoms with E-state index in [1.165, 1.54) is 11.3 Å². The van der Waals surface area contributed by atoms with Gasteiger partial charge < -0.3 is 10.6 Å². The molecule has 1 atom stereocenters. The SMILES string of the molecule is CC1(c2ccccc2)NC(=O)N(CC(=O)Nc2ncc(Cc3cccc(Cl)c3Cl)s2)C1=O. The van der Waals surface area contributed by atoms with E-state index in [2.05, 4.69) is 15.6 Å². The molecule has 164 valence electrons. The van der Waals surface area contributed by atoms with Crippen molar-refractivity contribution in [1.82, 2.24) is 15.2 Å². The minimum absolute atomic E-state index is 0.362. The Bertz CT molecular complexity index is 1200. The number of anilines is 1. The highest BCUT2D eigenvalue weighted by molar-refractivity contribution is 7.15. The number of urea groups is 1. The van der Waals surface area contributed by atoms with Crippen LogP contribution in [0.3, 0.4) is 0 Å². The number of hydrogen-bond acceptors (Lipinski definition) is 5. The molecule has 1 unspecified atom stereocenters. The zero-order valence-electron chi connectivity index (χ0n) is 16.9. The van der Waals surface area contributed by atoms with Crippen molar-refractivity contribution in [2.24, 2.45) is 0 Å². The molecule has 32 heavy (non-hydrogen) atoms. The van der Waals surface area contributed by atoms with Crippen LogP contribution in [0.1, 0.15) is 22.9 Å². The van der Waals surface area contributed by atoms with E-state index in [0.29, 0.717) is 27.2 Å². The molecule has 2 N–H and O–H groups in total. The molecule has 1 saturated heterocycles. The molecular formula is C22H18Cl2N4O3S. The first-order valence-corrected chi connectivity index (χ1v) is 11.2. The molecule has 1 fully saturated rings. The Labute approximate surface area is 198 Å². The molecule has 2 heterocycles. The molecule has 1 aliphatic heterocycles. The van der Waals surface area contributed by atoms with E-state index in [1.54, 1.807) is 43.5 Å². The summed E-state index contributed by atoms with van der Waals surface area (Å²) in [4.78, 5) is 43.8. The Morgan fingerprint density at radius 1 is 1.16 bits per heavy atom. The molecule has 0 bridgehead atoms. The highest BCUT2D eigenvalue weighted by atomic mass is 35.5. The van der Waals surface area contributed by atoms with E-state index < -0.39 is 29.9 Å². The van der Waals surface area contributed by atoms with Crippen molar-refractivity contribution in [3.63, 3.8) is 0 Å². The number of carbonyl (C=O) groups excluding carboxylic acids is 3. The zero-order chi connectivity index (χ0) is 22.9. The lowest BCUT2D eigenvalue weighted by Crippen LogP contribution is -2.42. The number of benzene rings is 2. The van der Waals surface area contributed by atoms with Crippen molar-refractivity contribution in [1.29, 1.82) is 0 Å². The normalized spacial score (nSPS) is 18.0. The van der Waals surface area contributed by atoms with Crippen LogP contribution >= 0.6 is 34.5 Å². The fraction of sp³-hybridized carbons (Fsp3) is 0.182. The third-order valence-electron chi connectivity index (χ3n) is 5.12. The molecule has 3 aromatic rings. The van der Waals surface area contributed by atoms with Crippen molar-refractivity contribution < 1.29 is 14.4 Å².